The van der Waals surface area contributed by atoms with Crippen LogP contribution in [-0.2, 0) is 23.1 Å². The lowest BCUT2D eigenvalue weighted by Crippen LogP contribution is -2.55. The predicted molar refractivity (Wildman–Crippen MR) is 126 cm³/mol. The Morgan fingerprint density at radius 1 is 1.09 bits per heavy atom. The highest BCUT2D eigenvalue weighted by atomic mass is 16.5. The van der Waals surface area contributed by atoms with E-state index in [2.05, 4.69) is 27.9 Å². The number of carboxylic acid groups (broad SMARTS) is 1. The fraction of sp³-hybridized carbons (Fsp3) is 0.280. The van der Waals surface area contributed by atoms with Crippen molar-refractivity contribution < 1.29 is 29.3 Å². The fourth-order valence-corrected chi connectivity index (χ4v) is 4.11. The summed E-state index contributed by atoms with van der Waals surface area (Å²) in [6.45, 7) is 0.601. The third-order valence-electron chi connectivity index (χ3n) is 6.10. The summed E-state index contributed by atoms with van der Waals surface area (Å²) in [5, 5.41) is 27.6. The summed E-state index contributed by atoms with van der Waals surface area (Å²) in [4.78, 5) is 36.2. The van der Waals surface area contributed by atoms with Gasteiger partial charge in [0.25, 0.3) is 5.91 Å². The molecule has 3 aromatic rings. The lowest BCUT2D eigenvalue weighted by molar-refractivity contribution is -0.145. The Bertz CT molecular complexity index is 1240. The van der Waals surface area contributed by atoms with Crippen LogP contribution in [0.5, 0.6) is 0 Å². The maximum atomic E-state index is 12.5. The number of aliphatic hydroxyl groups excluding tert-OH is 1. The lowest BCUT2D eigenvalue weighted by Gasteiger charge is -2.23. The summed E-state index contributed by atoms with van der Waals surface area (Å²) >= 11 is 0. The predicted octanol–water partition coefficient (Wildman–Crippen LogP) is 2.02. The van der Waals surface area contributed by atoms with Crippen LogP contribution in [-0.4, -0.2) is 56.7 Å². The van der Waals surface area contributed by atoms with Gasteiger partial charge in [0.1, 0.15) is 12.3 Å². The smallest absolute Gasteiger partial charge is 0.407 e. The van der Waals surface area contributed by atoms with Crippen molar-refractivity contribution in [3.63, 3.8) is 0 Å². The van der Waals surface area contributed by atoms with Gasteiger partial charge in [-0.1, -0.05) is 48.5 Å². The second kappa shape index (κ2) is 9.59. The molecule has 1 aromatic heterocycles. The molecule has 0 saturated heterocycles. The number of hydrogen-bond acceptors (Lipinski definition) is 6. The zero-order valence-corrected chi connectivity index (χ0v) is 19.3. The van der Waals surface area contributed by atoms with Crippen molar-refractivity contribution in [3.05, 3.63) is 77.1 Å². The normalized spacial score (nSPS) is 13.9. The average Bonchev–Trinajstić information content (AvgIpc) is 3.38. The van der Waals surface area contributed by atoms with Crippen LogP contribution < -0.4 is 10.6 Å². The first-order valence-corrected chi connectivity index (χ1v) is 11.0. The van der Waals surface area contributed by atoms with E-state index in [0.717, 1.165) is 22.3 Å². The average molecular weight is 479 g/mol. The molecule has 0 fully saturated rings. The van der Waals surface area contributed by atoms with E-state index in [1.807, 2.05) is 36.4 Å². The van der Waals surface area contributed by atoms with Gasteiger partial charge in [0.05, 0.1) is 18.8 Å². The van der Waals surface area contributed by atoms with Gasteiger partial charge in [-0.2, -0.15) is 5.10 Å². The zero-order valence-electron chi connectivity index (χ0n) is 19.3. The second-order valence-electron chi connectivity index (χ2n) is 8.57. The third kappa shape index (κ3) is 4.73. The van der Waals surface area contributed by atoms with Crippen LogP contribution in [0.3, 0.4) is 0 Å². The number of ether oxygens (including phenoxy) is 1. The fourth-order valence-electron chi connectivity index (χ4n) is 4.11. The van der Waals surface area contributed by atoms with E-state index in [4.69, 9.17) is 4.74 Å². The van der Waals surface area contributed by atoms with E-state index >= 15 is 0 Å². The molecule has 0 saturated carbocycles. The standard InChI is InChI=1S/C25H26N4O6/c1-25(14-30,23(32)33)27-22(31)21-11-15(28-29(21)2)12-26-24(34)35-13-20-18-9-5-3-7-16(18)17-8-4-6-10-19(17)20/h3-11,20,30H,12-14H2,1-2H3,(H,26,34)(H,27,31)(H,32,33). The molecule has 1 aliphatic carbocycles. The van der Waals surface area contributed by atoms with Crippen LogP contribution in [0.4, 0.5) is 4.79 Å². The first-order valence-electron chi connectivity index (χ1n) is 11.0. The summed E-state index contributed by atoms with van der Waals surface area (Å²) in [6.07, 6.45) is -0.623. The molecule has 1 aliphatic rings. The molecular formula is C25H26N4O6. The van der Waals surface area contributed by atoms with Gasteiger partial charge in [0, 0.05) is 13.0 Å². The molecule has 1 atom stereocenters. The monoisotopic (exact) mass is 478 g/mol. The topological polar surface area (TPSA) is 143 Å². The Labute approximate surface area is 201 Å². The highest BCUT2D eigenvalue weighted by Crippen LogP contribution is 2.44. The van der Waals surface area contributed by atoms with E-state index in [1.54, 1.807) is 0 Å². The number of alkyl carbamates (subject to hydrolysis) is 1. The molecule has 1 heterocycles. The van der Waals surface area contributed by atoms with E-state index in [1.165, 1.54) is 24.7 Å². The minimum atomic E-state index is -1.83. The van der Waals surface area contributed by atoms with Crippen molar-refractivity contribution >= 4 is 18.0 Å². The van der Waals surface area contributed by atoms with Gasteiger partial charge in [-0.3, -0.25) is 9.48 Å². The number of aliphatic hydroxyl groups is 1. The van der Waals surface area contributed by atoms with Crippen LogP contribution >= 0.6 is 0 Å². The van der Waals surface area contributed by atoms with Crippen LogP contribution in [0.1, 0.15) is 40.2 Å². The number of nitrogens with one attached hydrogen (secondary N) is 2. The Hall–Kier alpha value is -4.18. The highest BCUT2D eigenvalue weighted by Gasteiger charge is 2.35. The van der Waals surface area contributed by atoms with E-state index in [9.17, 15) is 24.6 Å². The number of rotatable bonds is 8. The van der Waals surface area contributed by atoms with Crippen molar-refractivity contribution in [2.24, 2.45) is 7.05 Å². The Morgan fingerprint density at radius 2 is 1.69 bits per heavy atom. The third-order valence-corrected chi connectivity index (χ3v) is 6.10. The lowest BCUT2D eigenvalue weighted by atomic mass is 9.98. The molecule has 0 bridgehead atoms. The molecular weight excluding hydrogens is 452 g/mol. The first-order chi connectivity index (χ1) is 16.7. The van der Waals surface area contributed by atoms with E-state index < -0.39 is 30.1 Å². The van der Waals surface area contributed by atoms with Gasteiger partial charge in [-0.25, -0.2) is 9.59 Å². The molecule has 0 aliphatic heterocycles. The quantitative estimate of drug-likeness (QED) is 0.388. The van der Waals surface area contributed by atoms with Gasteiger partial charge in [-0.05, 0) is 35.2 Å². The maximum absolute atomic E-state index is 12.5. The van der Waals surface area contributed by atoms with Gasteiger partial charge in [-0.15, -0.1) is 0 Å². The Morgan fingerprint density at radius 3 is 2.26 bits per heavy atom. The van der Waals surface area contributed by atoms with Crippen molar-refractivity contribution in [1.29, 1.82) is 0 Å². The van der Waals surface area contributed by atoms with Crippen molar-refractivity contribution in [1.82, 2.24) is 20.4 Å². The number of aromatic nitrogens is 2. The van der Waals surface area contributed by atoms with E-state index in [-0.39, 0.29) is 24.8 Å². The maximum Gasteiger partial charge on any atom is 0.407 e. The molecule has 0 radical (unpaired) electrons. The number of benzene rings is 2. The Balaban J connectivity index is 1.36. The van der Waals surface area contributed by atoms with Gasteiger partial charge >= 0.3 is 12.1 Å². The molecule has 10 nitrogen and oxygen atoms in total. The van der Waals surface area contributed by atoms with Crippen LogP contribution in [0.25, 0.3) is 11.1 Å². The minimum absolute atomic E-state index is 0.00793. The van der Waals surface area contributed by atoms with Crippen LogP contribution in [0.15, 0.2) is 54.6 Å². The number of aryl methyl sites for hydroxylation is 1. The number of nitrogens with zero attached hydrogens (tertiary/aromatic N) is 2. The molecule has 2 aromatic carbocycles. The molecule has 35 heavy (non-hydrogen) atoms. The summed E-state index contributed by atoms with van der Waals surface area (Å²) < 4.78 is 6.76. The molecule has 2 amide bonds. The molecule has 0 spiro atoms. The van der Waals surface area contributed by atoms with Crippen LogP contribution in [0.2, 0.25) is 0 Å². The van der Waals surface area contributed by atoms with Crippen LogP contribution in [0, 0.1) is 0 Å². The van der Waals surface area contributed by atoms with Crippen molar-refractivity contribution in [2.45, 2.75) is 24.9 Å². The zero-order chi connectivity index (χ0) is 25.2. The molecule has 4 rings (SSSR count). The van der Waals surface area contributed by atoms with Gasteiger partial charge in [0.2, 0.25) is 0 Å². The summed E-state index contributed by atoms with van der Waals surface area (Å²) in [7, 11) is 1.52. The largest absolute Gasteiger partial charge is 0.479 e. The van der Waals surface area contributed by atoms with E-state index in [0.29, 0.717) is 5.69 Å². The number of fused-ring (bicyclic) bond motifs is 3. The first kappa shape index (κ1) is 24.0. The number of hydrogen-bond donors (Lipinski definition) is 4. The summed E-state index contributed by atoms with van der Waals surface area (Å²) in [6, 6.07) is 17.5. The second-order valence-corrected chi connectivity index (χ2v) is 8.57. The number of carboxylic acids is 1. The van der Waals surface area contributed by atoms with Gasteiger partial charge < -0.3 is 25.6 Å². The number of carbonyl (C=O) groups excluding carboxylic acids is 2. The molecule has 182 valence electrons. The summed E-state index contributed by atoms with van der Waals surface area (Å²) in [5.41, 5.74) is 3.12. The minimum Gasteiger partial charge on any atom is -0.479 e. The van der Waals surface area contributed by atoms with Crippen molar-refractivity contribution in [3.8, 4) is 11.1 Å². The molecule has 1 unspecified atom stereocenters. The summed E-state index contributed by atoms with van der Waals surface area (Å²) in [5.74, 6) is -2.15. The molecule has 4 N–H and O–H groups in total. The van der Waals surface area contributed by atoms with Crippen molar-refractivity contribution in [2.75, 3.05) is 13.2 Å². The highest BCUT2D eigenvalue weighted by molar-refractivity contribution is 5.96. The number of amides is 2. The van der Waals surface area contributed by atoms with Gasteiger partial charge in [0.15, 0.2) is 5.54 Å². The Kier molecular flexibility index (Phi) is 6.57. The number of carbonyl (C=O) groups is 3. The number of aliphatic carboxylic acids is 1. The molecule has 10 heteroatoms. The SMILES string of the molecule is Cn1nc(CNC(=O)OCC2c3ccccc3-c3ccccc32)cc1C(=O)NC(C)(CO)C(=O)O.